The number of aromatic nitrogens is 20. The number of alkyl halides is 1. The van der Waals surface area contributed by atoms with Crippen LogP contribution in [0, 0.1) is 11.8 Å². The molecule has 0 aromatic carbocycles. The number of aliphatic hydroxyl groups excluding tert-OH is 2. The number of nitrogens with one attached hydrogen (secondary N) is 5. The summed E-state index contributed by atoms with van der Waals surface area (Å²) in [5.41, 5.74) is 16.2. The maximum atomic E-state index is 12.2. The van der Waals surface area contributed by atoms with Gasteiger partial charge >= 0.3 is 51.4 Å². The van der Waals surface area contributed by atoms with Gasteiger partial charge in [0.2, 0.25) is 38.9 Å². The minimum atomic E-state index is -0.734. The summed E-state index contributed by atoms with van der Waals surface area (Å²) in [4.78, 5) is 106. The molecule has 10 aromatic rings. The van der Waals surface area contributed by atoms with Crippen LogP contribution in [0.5, 0.6) is 0 Å². The molecule has 4 saturated heterocycles. The third-order valence-electron chi connectivity index (χ3n) is 17.8. The van der Waals surface area contributed by atoms with E-state index in [1.165, 1.54) is 38.2 Å². The number of rotatable bonds is 23. The SMILES string of the molecule is C.C1CCOC1.CCCCCCC(=O)Nc1nc(Cl)nc2[n-]cnc12.CCCCCCC(=O)Nc1nc(Cl)nc2c1ncn2[C@H]1C[C@@H](C)[C@@H](CC)O1.CCCCCCC(=O)Nc1nc(Cl)nc2nc[nH]c12.CC[C@H]1O[C@H](Cl)C[C@H]1C.Nc1nc(Cl)nc2c1ncn2[C@H]1C[C@@H](O)[C@@H](CO)O1.Nc1nc(Cl)nc2nc[nH]c12.[K+]. The largest absolute Gasteiger partial charge is 1.00 e. The molecule has 0 bridgehead atoms. The zero-order valence-electron chi connectivity index (χ0n) is 63.0. The van der Waals surface area contributed by atoms with E-state index in [2.05, 4.69) is 154 Å². The number of fused-ring (bicyclic) bond motifs is 5. The van der Waals surface area contributed by atoms with Gasteiger partial charge in [-0.05, 0) is 122 Å². The number of halogens is 6. The Hall–Kier alpha value is -6.10. The third-order valence-corrected chi connectivity index (χ3v) is 18.9. The molecule has 34 nitrogen and oxygen atoms in total. The van der Waals surface area contributed by atoms with E-state index >= 15 is 0 Å². The van der Waals surface area contributed by atoms with Crippen molar-refractivity contribution in [1.82, 2.24) is 98.8 Å². The summed E-state index contributed by atoms with van der Waals surface area (Å²) < 4.78 is 25.5. The number of imidazole rings is 5. The van der Waals surface area contributed by atoms with E-state index in [1.54, 1.807) is 10.9 Å². The predicted molar refractivity (Wildman–Crippen MR) is 426 cm³/mol. The molecule has 0 aliphatic carbocycles. The number of amides is 3. The van der Waals surface area contributed by atoms with Crippen molar-refractivity contribution in [1.29, 1.82) is 0 Å². The van der Waals surface area contributed by atoms with Crippen molar-refractivity contribution in [2.45, 2.75) is 240 Å². The van der Waals surface area contributed by atoms with Crippen molar-refractivity contribution >= 4 is 172 Å². The summed E-state index contributed by atoms with van der Waals surface area (Å²) in [5, 5.41) is 27.5. The Morgan fingerprint density at radius 1 is 0.541 bits per heavy atom. The molecular weight excluding hydrogens is 1590 g/mol. The maximum absolute atomic E-state index is 12.2. The van der Waals surface area contributed by atoms with E-state index in [9.17, 15) is 19.5 Å². The number of anilines is 5. The number of aromatic amines is 2. The zero-order valence-corrected chi connectivity index (χ0v) is 70.6. The number of nitrogens with zero attached hydrogens (tertiary/aromatic N) is 18. The molecule has 602 valence electrons. The molecular formula is C70H100Cl6KN25O9. The Morgan fingerprint density at radius 3 is 1.50 bits per heavy atom. The first-order chi connectivity index (χ1) is 52.5. The summed E-state index contributed by atoms with van der Waals surface area (Å²) in [5.74, 6) is 2.46. The average molecular weight is 1690 g/mol. The number of unbranched alkanes of at least 4 members (excludes halogenated alkanes) is 9. The van der Waals surface area contributed by atoms with Crippen LogP contribution in [0.25, 0.3) is 55.8 Å². The molecule has 9 atom stereocenters. The second kappa shape index (κ2) is 48.3. The molecule has 14 rings (SSSR count). The van der Waals surface area contributed by atoms with Crippen molar-refractivity contribution in [3.05, 3.63) is 58.1 Å². The van der Waals surface area contributed by atoms with Crippen LogP contribution in [0.3, 0.4) is 0 Å². The molecule has 10 aromatic heterocycles. The van der Waals surface area contributed by atoms with E-state index < -0.39 is 18.4 Å². The number of nitrogens with two attached hydrogens (primary N) is 2. The van der Waals surface area contributed by atoms with E-state index in [0.717, 1.165) is 116 Å². The minimum Gasteiger partial charge on any atom is -0.394 e. The number of hydrogen-bond acceptors (Lipinski definition) is 26. The van der Waals surface area contributed by atoms with Gasteiger partial charge in [0.15, 0.2) is 56.7 Å². The van der Waals surface area contributed by atoms with Crippen LogP contribution in [0.15, 0.2) is 31.6 Å². The normalized spacial score (nSPS) is 19.5. The molecule has 3 amide bonds. The van der Waals surface area contributed by atoms with Gasteiger partial charge in [-0.15, -0.1) is 0 Å². The van der Waals surface area contributed by atoms with Gasteiger partial charge in [-0.2, -0.15) is 39.9 Å². The summed E-state index contributed by atoms with van der Waals surface area (Å²) in [7, 11) is 0. The van der Waals surface area contributed by atoms with Gasteiger partial charge in [0.05, 0.1) is 50.2 Å². The van der Waals surface area contributed by atoms with Crippen LogP contribution < -0.4 is 83.8 Å². The van der Waals surface area contributed by atoms with Crippen LogP contribution >= 0.6 is 69.6 Å². The summed E-state index contributed by atoms with van der Waals surface area (Å²) in [6.45, 7) is 16.8. The topological polar surface area (TPSA) is 466 Å². The first kappa shape index (κ1) is 93.8. The fraction of sp³-hybridized carbons (Fsp3) is 0.600. The molecule has 0 unspecified atom stereocenters. The van der Waals surface area contributed by atoms with Crippen molar-refractivity contribution < 1.29 is 94.9 Å². The number of carbonyl (C=O) groups excluding carboxylic acids is 3. The third kappa shape index (κ3) is 28.4. The van der Waals surface area contributed by atoms with E-state index in [-0.39, 0.29) is 133 Å². The van der Waals surface area contributed by atoms with Gasteiger partial charge in [0.1, 0.15) is 46.5 Å². The quantitative estimate of drug-likeness (QED) is 0.0124. The molecule has 41 heteroatoms. The van der Waals surface area contributed by atoms with Crippen LogP contribution in [0.2, 0.25) is 26.4 Å². The molecule has 0 radical (unpaired) electrons. The number of nitrogen functional groups attached to an aromatic ring is 2. The van der Waals surface area contributed by atoms with Crippen LogP contribution in [-0.4, -0.2) is 172 Å². The summed E-state index contributed by atoms with van der Waals surface area (Å²) >= 11 is 34.7. The second-order valence-corrected chi connectivity index (χ2v) is 28.3. The first-order valence-corrected chi connectivity index (χ1v) is 39.1. The van der Waals surface area contributed by atoms with Gasteiger partial charge in [-0.3, -0.25) is 23.5 Å². The maximum Gasteiger partial charge on any atom is 1.00 e. The Balaban J connectivity index is 0.000000209. The molecule has 0 spiro atoms. The van der Waals surface area contributed by atoms with Crippen molar-refractivity contribution in [3.63, 3.8) is 0 Å². The van der Waals surface area contributed by atoms with E-state index in [4.69, 9.17) is 105 Å². The molecule has 4 aliphatic rings. The van der Waals surface area contributed by atoms with Gasteiger partial charge in [-0.25, -0.2) is 24.9 Å². The molecule has 111 heavy (non-hydrogen) atoms. The fourth-order valence-electron chi connectivity index (χ4n) is 12.0. The smallest absolute Gasteiger partial charge is 0.394 e. The van der Waals surface area contributed by atoms with Crippen molar-refractivity contribution in [3.8, 4) is 0 Å². The number of H-pyrrole nitrogens is 2. The first-order valence-electron chi connectivity index (χ1n) is 36.8. The Morgan fingerprint density at radius 2 is 0.991 bits per heavy atom. The van der Waals surface area contributed by atoms with Crippen LogP contribution in [0.4, 0.5) is 29.1 Å². The van der Waals surface area contributed by atoms with Crippen molar-refractivity contribution in [2.75, 3.05) is 47.2 Å². The number of carbonyl (C=O) groups is 3. The van der Waals surface area contributed by atoms with E-state index in [1.807, 2.05) is 4.57 Å². The molecule has 4 fully saturated rings. The average Bonchev–Trinajstić information content (AvgIpc) is 1.64. The van der Waals surface area contributed by atoms with Gasteiger partial charge in [0, 0.05) is 50.1 Å². The Kier molecular flexibility index (Phi) is 40.8. The monoisotopic (exact) mass is 1680 g/mol. The van der Waals surface area contributed by atoms with Gasteiger partial charge < -0.3 is 81.5 Å². The number of aliphatic hydroxyl groups is 2. The van der Waals surface area contributed by atoms with Crippen LogP contribution in [-0.2, 0) is 33.3 Å². The van der Waals surface area contributed by atoms with Gasteiger partial charge in [0.25, 0.3) is 0 Å². The zero-order chi connectivity index (χ0) is 78.5. The molecule has 11 N–H and O–H groups in total. The van der Waals surface area contributed by atoms with E-state index in [0.29, 0.717) is 123 Å². The second-order valence-electron chi connectivity index (χ2n) is 26.1. The van der Waals surface area contributed by atoms with Crippen molar-refractivity contribution in [2.24, 2.45) is 11.8 Å². The predicted octanol–water partition coefficient (Wildman–Crippen LogP) is 11.3. The number of ether oxygens (including phenoxy) is 4. The van der Waals surface area contributed by atoms with Crippen LogP contribution in [0.1, 0.15) is 210 Å². The Labute approximate surface area is 716 Å². The Bertz CT molecular complexity index is 4390. The summed E-state index contributed by atoms with van der Waals surface area (Å²) in [6, 6.07) is 0. The van der Waals surface area contributed by atoms with Gasteiger partial charge in [-0.1, -0.05) is 137 Å². The molecule has 4 aliphatic heterocycles. The number of hydrogen-bond donors (Lipinski definition) is 9. The minimum absolute atomic E-state index is 0. The molecule has 14 heterocycles. The summed E-state index contributed by atoms with van der Waals surface area (Å²) in [6.07, 6.45) is 27.2. The molecule has 0 saturated carbocycles. The standard InChI is InChI=1S/C19H28ClN5O2.2C12H16ClN5O.C10H12ClN5O3.C7H13ClO.C5H4ClN5.C4H8O.CH4.K/c1-4-6-7-8-9-14(26)22-17-16-18(24-19(20)23-17)25(11-21-16)15-10-12(3)13(5-2)27-15;2*1-2-3-4-5-6-8(19)16-11-9-10(15-7-14-9)17-12(13)18-11;11-10-14-8(12)7-9(15-10)16(3-13-7)6-1-4(18)5(2-17)19-6;1-3-6-5(2)4-7(8)9-6;6-5-10-3(7)2-4(11-5)9-1-8-2;1-2-4-5-3-1;;/h11-13,15H,4-10H2,1-3H3,(H,22,23,24,26);2*7H,2-6H2,1H3,(H2,14,15,16,17,18,19);3-6,17-18H,1-2H2,(H2,12,14,15);5-7H,3-4H2,1-2H3;1H,(H3,7,8,9,10,11);1-4H2;1H4;/q;;;;;;;;+1/p-1/t12-,13-,15-;;;4-,5-,6-;5-,6-,7+;;;;/m1..11..../s1. The fourth-order valence-corrected chi connectivity index (χ4v) is 13.3.